The van der Waals surface area contributed by atoms with Gasteiger partial charge in [-0.15, -0.1) is 35.3 Å². The molecule has 0 aliphatic rings. The molecule has 1 heterocycles. The number of ether oxygens (including phenoxy) is 1. The Hall–Kier alpha value is -1.72. The van der Waals surface area contributed by atoms with Gasteiger partial charge >= 0.3 is 5.97 Å². The van der Waals surface area contributed by atoms with Crippen molar-refractivity contribution in [1.82, 2.24) is 20.5 Å². The average Bonchev–Trinajstić information content (AvgIpc) is 3.13. The number of hydrogen-bond acceptors (Lipinski definition) is 6. The zero-order chi connectivity index (χ0) is 22.1. The number of thiazole rings is 1. The van der Waals surface area contributed by atoms with E-state index in [1.165, 1.54) is 22.5 Å². The fourth-order valence-corrected chi connectivity index (χ4v) is 3.86. The summed E-state index contributed by atoms with van der Waals surface area (Å²) in [5, 5.41) is 7.53. The maximum atomic E-state index is 12.0. The highest BCUT2D eigenvalue weighted by Crippen LogP contribution is 2.24. The molecule has 0 aliphatic carbocycles. The maximum Gasteiger partial charge on any atom is 0.350 e. The Morgan fingerprint density at radius 1 is 1.32 bits per heavy atom. The van der Waals surface area contributed by atoms with E-state index in [2.05, 4.69) is 63.7 Å². The van der Waals surface area contributed by atoms with Crippen LogP contribution in [0.1, 0.15) is 58.3 Å². The third kappa shape index (κ3) is 8.38. The van der Waals surface area contributed by atoms with E-state index in [-0.39, 0.29) is 36.0 Å². The normalized spacial score (nSPS) is 12.3. The van der Waals surface area contributed by atoms with Crippen LogP contribution in [-0.2, 0) is 17.8 Å². The number of carbonyl (C=O) groups is 1. The topological polar surface area (TPSA) is 78.8 Å². The summed E-state index contributed by atoms with van der Waals surface area (Å²) in [4.78, 5) is 23.7. The van der Waals surface area contributed by atoms with E-state index in [0.29, 0.717) is 29.7 Å². The fraction of sp³-hybridized carbons (Fsp3) is 0.500. The Balaban J connectivity index is 0.00000480. The largest absolute Gasteiger partial charge is 0.462 e. The molecule has 2 rings (SSSR count). The van der Waals surface area contributed by atoms with Gasteiger partial charge in [-0.3, -0.25) is 4.99 Å². The van der Waals surface area contributed by atoms with Crippen molar-refractivity contribution in [2.24, 2.45) is 4.99 Å². The summed E-state index contributed by atoms with van der Waals surface area (Å²) in [6.45, 7) is 10.8. The first-order valence-corrected chi connectivity index (χ1v) is 11.1. The molecule has 2 aromatic rings. The van der Waals surface area contributed by atoms with Crippen molar-refractivity contribution in [1.29, 1.82) is 0 Å². The molecule has 0 radical (unpaired) electrons. The van der Waals surface area contributed by atoms with Gasteiger partial charge < -0.3 is 20.3 Å². The maximum absolute atomic E-state index is 12.0. The van der Waals surface area contributed by atoms with E-state index in [1.807, 2.05) is 13.8 Å². The van der Waals surface area contributed by atoms with Crippen LogP contribution in [0, 0.1) is 6.92 Å². The molecule has 9 heteroatoms. The first-order valence-electron chi connectivity index (χ1n) is 10.3. The minimum atomic E-state index is -0.318. The third-order valence-corrected chi connectivity index (χ3v) is 5.99. The summed E-state index contributed by atoms with van der Waals surface area (Å²) in [5.41, 5.74) is 3.18. The molecule has 1 unspecified atom stereocenters. The van der Waals surface area contributed by atoms with E-state index in [1.54, 1.807) is 14.0 Å². The van der Waals surface area contributed by atoms with Gasteiger partial charge in [0.15, 0.2) is 5.96 Å². The number of guanidine groups is 1. The number of hydrogen-bond donors (Lipinski definition) is 2. The standard InChI is InChI=1S/C22H33N5O2S.HI/c1-7-27(6)14-18-11-9-10-17(12-18)13-24-22(23-5)26-16(4)20-25-15(3)19(30-20)21(28)29-8-2;/h9-12,16H,7-8,13-14H2,1-6H3,(H2,23,24,26);1H. The minimum absolute atomic E-state index is 0. The molecule has 0 saturated heterocycles. The zero-order valence-corrected chi connectivity index (χ0v) is 22.3. The minimum Gasteiger partial charge on any atom is -0.462 e. The summed E-state index contributed by atoms with van der Waals surface area (Å²) in [5.74, 6) is 0.367. The molecule has 0 aliphatic heterocycles. The molecular formula is C22H34IN5O2S. The Kier molecular flexibility index (Phi) is 12.0. The van der Waals surface area contributed by atoms with Crippen molar-refractivity contribution in [3.63, 3.8) is 0 Å². The van der Waals surface area contributed by atoms with E-state index < -0.39 is 0 Å². The van der Waals surface area contributed by atoms with E-state index in [9.17, 15) is 4.79 Å². The van der Waals surface area contributed by atoms with Crippen LogP contribution in [0.2, 0.25) is 0 Å². The van der Waals surface area contributed by atoms with Gasteiger partial charge in [0.25, 0.3) is 0 Å². The van der Waals surface area contributed by atoms with Gasteiger partial charge in [-0.05, 0) is 45.5 Å². The number of carbonyl (C=O) groups excluding carboxylic acids is 1. The predicted octanol–water partition coefficient (Wildman–Crippen LogP) is 4.12. The predicted molar refractivity (Wildman–Crippen MR) is 138 cm³/mol. The fourth-order valence-electron chi connectivity index (χ4n) is 2.90. The molecule has 2 N–H and O–H groups in total. The molecule has 7 nitrogen and oxygen atoms in total. The monoisotopic (exact) mass is 559 g/mol. The first-order chi connectivity index (χ1) is 14.4. The molecule has 1 aromatic heterocycles. The second-order valence-corrected chi connectivity index (χ2v) is 8.16. The van der Waals surface area contributed by atoms with Crippen molar-refractivity contribution in [3.05, 3.63) is 51.0 Å². The summed E-state index contributed by atoms with van der Waals surface area (Å²) >= 11 is 1.36. The van der Waals surface area contributed by atoms with Gasteiger partial charge in [0.1, 0.15) is 9.88 Å². The van der Waals surface area contributed by atoms with Crippen molar-refractivity contribution < 1.29 is 9.53 Å². The average molecular weight is 560 g/mol. The van der Waals surface area contributed by atoms with Crippen molar-refractivity contribution >= 4 is 47.2 Å². The van der Waals surface area contributed by atoms with Crippen LogP contribution < -0.4 is 10.6 Å². The number of aliphatic imine (C=N–C) groups is 1. The second-order valence-electron chi connectivity index (χ2n) is 7.13. The summed E-state index contributed by atoms with van der Waals surface area (Å²) in [6.07, 6.45) is 0. The zero-order valence-electron chi connectivity index (χ0n) is 19.2. The molecule has 172 valence electrons. The molecule has 0 saturated carbocycles. The van der Waals surface area contributed by atoms with E-state index in [0.717, 1.165) is 18.1 Å². The lowest BCUT2D eigenvalue weighted by Crippen LogP contribution is -2.38. The van der Waals surface area contributed by atoms with Gasteiger partial charge in [0.2, 0.25) is 0 Å². The van der Waals surface area contributed by atoms with Crippen LogP contribution in [0.3, 0.4) is 0 Å². The number of nitrogens with one attached hydrogen (secondary N) is 2. The van der Waals surface area contributed by atoms with Crippen LogP contribution >= 0.6 is 35.3 Å². The Morgan fingerprint density at radius 2 is 2.03 bits per heavy atom. The number of nitrogens with zero attached hydrogens (tertiary/aromatic N) is 3. The molecular weight excluding hydrogens is 525 g/mol. The number of rotatable bonds is 9. The van der Waals surface area contributed by atoms with Crippen LogP contribution in [0.15, 0.2) is 29.3 Å². The lowest BCUT2D eigenvalue weighted by atomic mass is 10.1. The highest BCUT2D eigenvalue weighted by molar-refractivity contribution is 14.0. The molecule has 31 heavy (non-hydrogen) atoms. The lowest BCUT2D eigenvalue weighted by molar-refractivity contribution is 0.0531. The first kappa shape index (κ1) is 27.3. The smallest absolute Gasteiger partial charge is 0.350 e. The summed E-state index contributed by atoms with van der Waals surface area (Å²) < 4.78 is 5.10. The quantitative estimate of drug-likeness (QED) is 0.208. The Morgan fingerprint density at radius 3 is 2.68 bits per heavy atom. The highest BCUT2D eigenvalue weighted by Gasteiger charge is 2.20. The van der Waals surface area contributed by atoms with Gasteiger partial charge in [0, 0.05) is 20.1 Å². The number of halogens is 1. The second kappa shape index (κ2) is 13.6. The SMILES string of the molecule is CCOC(=O)c1sc(C(C)NC(=NC)NCc2cccc(CN(C)CC)c2)nc1C.I. The lowest BCUT2D eigenvalue weighted by Gasteiger charge is -2.17. The van der Waals surface area contributed by atoms with Crippen LogP contribution in [-0.4, -0.2) is 49.1 Å². The molecule has 1 atom stereocenters. The van der Waals surface area contributed by atoms with Crippen molar-refractivity contribution in [2.75, 3.05) is 27.2 Å². The van der Waals surface area contributed by atoms with Crippen molar-refractivity contribution in [2.45, 2.75) is 46.8 Å². The van der Waals surface area contributed by atoms with E-state index >= 15 is 0 Å². The summed E-state index contributed by atoms with van der Waals surface area (Å²) in [7, 11) is 3.86. The van der Waals surface area contributed by atoms with Gasteiger partial charge in [-0.25, -0.2) is 9.78 Å². The van der Waals surface area contributed by atoms with Crippen molar-refractivity contribution in [3.8, 4) is 0 Å². The third-order valence-electron chi connectivity index (χ3n) is 4.66. The van der Waals surface area contributed by atoms with Gasteiger partial charge in [-0.1, -0.05) is 31.2 Å². The Bertz CT molecular complexity index is 871. The highest BCUT2D eigenvalue weighted by atomic mass is 127. The van der Waals surface area contributed by atoms with Crippen LogP contribution in [0.5, 0.6) is 0 Å². The van der Waals surface area contributed by atoms with Gasteiger partial charge in [0.05, 0.1) is 18.3 Å². The molecule has 0 bridgehead atoms. The number of aromatic nitrogens is 1. The number of esters is 1. The van der Waals surface area contributed by atoms with E-state index in [4.69, 9.17) is 4.74 Å². The molecule has 1 aromatic carbocycles. The van der Waals surface area contributed by atoms with Crippen LogP contribution in [0.4, 0.5) is 0 Å². The van der Waals surface area contributed by atoms with Gasteiger partial charge in [-0.2, -0.15) is 0 Å². The number of aryl methyl sites for hydroxylation is 1. The summed E-state index contributed by atoms with van der Waals surface area (Å²) in [6, 6.07) is 8.47. The number of benzene rings is 1. The molecule has 0 amide bonds. The molecule has 0 fully saturated rings. The molecule has 0 spiro atoms. The van der Waals surface area contributed by atoms with Crippen LogP contribution in [0.25, 0.3) is 0 Å². The Labute approximate surface area is 206 Å².